The molecule has 1 saturated heterocycles. The van der Waals surface area contributed by atoms with E-state index in [0.29, 0.717) is 5.56 Å². The monoisotopic (exact) mass is 322 g/mol. The topological polar surface area (TPSA) is 75.4 Å². The number of carbonyl (C=O) groups is 1. The Morgan fingerprint density at radius 3 is 3.04 bits per heavy atom. The number of anilines is 1. The highest BCUT2D eigenvalue weighted by Crippen LogP contribution is 2.17. The molecule has 7 heteroatoms. The zero-order valence-corrected chi connectivity index (χ0v) is 13.2. The van der Waals surface area contributed by atoms with E-state index in [4.69, 9.17) is 0 Å². The Kier molecular flexibility index (Phi) is 3.82. The van der Waals surface area contributed by atoms with Crippen LogP contribution in [0.5, 0.6) is 0 Å². The van der Waals surface area contributed by atoms with Crippen LogP contribution in [0.25, 0.3) is 5.65 Å². The summed E-state index contributed by atoms with van der Waals surface area (Å²) in [5.74, 6) is 0.799. The van der Waals surface area contributed by atoms with E-state index >= 15 is 0 Å². The Labute approximate surface area is 139 Å². The molecule has 1 aliphatic heterocycles. The molecule has 3 aromatic rings. The van der Waals surface area contributed by atoms with Crippen molar-refractivity contribution < 1.29 is 4.79 Å². The number of rotatable bonds is 3. The summed E-state index contributed by atoms with van der Waals surface area (Å²) in [5.41, 5.74) is 1.47. The lowest BCUT2D eigenvalue weighted by Gasteiger charge is -2.33. The summed E-state index contributed by atoms with van der Waals surface area (Å²) in [6, 6.07) is 3.76. The molecular weight excluding hydrogens is 304 g/mol. The summed E-state index contributed by atoms with van der Waals surface area (Å²) in [5, 5.41) is 3.13. The predicted octanol–water partition coefficient (Wildman–Crippen LogP) is 1.52. The lowest BCUT2D eigenvalue weighted by molar-refractivity contribution is 0.0932. The molecule has 1 aliphatic rings. The van der Waals surface area contributed by atoms with Gasteiger partial charge in [-0.05, 0) is 25.0 Å². The fourth-order valence-corrected chi connectivity index (χ4v) is 3.08. The Balaban J connectivity index is 1.45. The number of nitrogens with one attached hydrogen (secondary N) is 1. The number of piperidine rings is 1. The maximum absolute atomic E-state index is 12.5. The molecule has 0 saturated carbocycles. The molecule has 4 heterocycles. The second-order valence-corrected chi connectivity index (χ2v) is 5.93. The highest BCUT2D eigenvalue weighted by molar-refractivity contribution is 5.94. The molecule has 3 aromatic heterocycles. The van der Waals surface area contributed by atoms with Gasteiger partial charge in [0.15, 0.2) is 0 Å². The Morgan fingerprint density at radius 1 is 1.21 bits per heavy atom. The van der Waals surface area contributed by atoms with E-state index in [1.807, 2.05) is 16.7 Å². The number of hydrogen-bond acceptors (Lipinski definition) is 5. The van der Waals surface area contributed by atoms with E-state index in [-0.39, 0.29) is 11.9 Å². The standard InChI is InChI=1S/C17H18N6O/c24-17(13-3-4-15-20-7-9-23(15)11-13)21-14-2-1-8-22(12-14)16-10-18-5-6-19-16/h3-7,9-11,14H,1-2,8,12H2,(H,21,24)/t14-/m0/s1. The number of carbonyl (C=O) groups excluding carboxylic acids is 1. The van der Waals surface area contributed by atoms with Gasteiger partial charge >= 0.3 is 0 Å². The van der Waals surface area contributed by atoms with Crippen molar-refractivity contribution in [2.24, 2.45) is 0 Å². The highest BCUT2D eigenvalue weighted by Gasteiger charge is 2.23. The number of fused-ring (bicyclic) bond motifs is 1. The van der Waals surface area contributed by atoms with Gasteiger partial charge in [0.25, 0.3) is 5.91 Å². The molecule has 7 nitrogen and oxygen atoms in total. The molecule has 0 spiro atoms. The SMILES string of the molecule is O=C(N[C@H]1CCCN(c2cnccn2)C1)c1ccc2nccn2c1. The van der Waals surface area contributed by atoms with Crippen molar-refractivity contribution in [2.45, 2.75) is 18.9 Å². The first-order valence-electron chi connectivity index (χ1n) is 8.04. The van der Waals surface area contributed by atoms with Gasteiger partial charge in [0.1, 0.15) is 11.5 Å². The molecule has 1 amide bonds. The van der Waals surface area contributed by atoms with Crippen molar-refractivity contribution >= 4 is 17.4 Å². The quantitative estimate of drug-likeness (QED) is 0.791. The van der Waals surface area contributed by atoms with Crippen LogP contribution in [0, 0.1) is 0 Å². The van der Waals surface area contributed by atoms with Gasteiger partial charge in [0.2, 0.25) is 0 Å². The van der Waals surface area contributed by atoms with Crippen LogP contribution in [0.4, 0.5) is 5.82 Å². The average molecular weight is 322 g/mol. The summed E-state index contributed by atoms with van der Waals surface area (Å²) in [6.07, 6.45) is 12.5. The molecule has 4 rings (SSSR count). The number of aromatic nitrogens is 4. The fraction of sp³-hybridized carbons (Fsp3) is 0.294. The van der Waals surface area contributed by atoms with Crippen LogP contribution in [-0.4, -0.2) is 44.4 Å². The van der Waals surface area contributed by atoms with Crippen LogP contribution in [0.15, 0.2) is 49.3 Å². The molecule has 122 valence electrons. The Bertz CT molecular complexity index is 846. The van der Waals surface area contributed by atoms with Crippen molar-refractivity contribution in [3.8, 4) is 0 Å². The lowest BCUT2D eigenvalue weighted by Crippen LogP contribution is -2.48. The predicted molar refractivity (Wildman–Crippen MR) is 89.9 cm³/mol. The number of imidazole rings is 1. The third kappa shape index (κ3) is 2.92. The molecule has 0 bridgehead atoms. The highest BCUT2D eigenvalue weighted by atomic mass is 16.1. The minimum atomic E-state index is -0.0587. The second-order valence-electron chi connectivity index (χ2n) is 5.93. The number of hydrogen-bond donors (Lipinski definition) is 1. The van der Waals surface area contributed by atoms with E-state index in [1.54, 1.807) is 37.1 Å². The van der Waals surface area contributed by atoms with Crippen molar-refractivity contribution in [3.63, 3.8) is 0 Å². The van der Waals surface area contributed by atoms with Gasteiger partial charge < -0.3 is 14.6 Å². The molecule has 1 N–H and O–H groups in total. The number of nitrogens with zero attached hydrogens (tertiary/aromatic N) is 5. The maximum atomic E-state index is 12.5. The van der Waals surface area contributed by atoms with Gasteiger partial charge in [-0.2, -0.15) is 0 Å². The molecule has 0 aliphatic carbocycles. The zero-order valence-electron chi connectivity index (χ0n) is 13.2. The molecule has 0 aromatic carbocycles. The summed E-state index contributed by atoms with van der Waals surface area (Å²) in [7, 11) is 0. The normalized spacial score (nSPS) is 17.8. The first kappa shape index (κ1) is 14.6. The van der Waals surface area contributed by atoms with Crippen LogP contribution < -0.4 is 10.2 Å². The molecular formula is C17H18N6O. The lowest BCUT2D eigenvalue weighted by atomic mass is 10.1. The maximum Gasteiger partial charge on any atom is 0.253 e. The van der Waals surface area contributed by atoms with E-state index < -0.39 is 0 Å². The summed E-state index contributed by atoms with van der Waals surface area (Å²) in [6.45, 7) is 1.68. The minimum absolute atomic E-state index is 0.0587. The van der Waals surface area contributed by atoms with Crippen molar-refractivity contribution in [1.82, 2.24) is 24.7 Å². The van der Waals surface area contributed by atoms with Crippen molar-refractivity contribution in [1.29, 1.82) is 0 Å². The minimum Gasteiger partial charge on any atom is -0.353 e. The zero-order chi connectivity index (χ0) is 16.4. The Hall–Kier alpha value is -2.96. The smallest absolute Gasteiger partial charge is 0.253 e. The van der Waals surface area contributed by atoms with Crippen molar-refractivity contribution in [2.75, 3.05) is 18.0 Å². The van der Waals surface area contributed by atoms with Gasteiger partial charge in [-0.25, -0.2) is 9.97 Å². The Morgan fingerprint density at radius 2 is 2.17 bits per heavy atom. The molecule has 1 atom stereocenters. The van der Waals surface area contributed by atoms with Gasteiger partial charge in [0, 0.05) is 50.1 Å². The van der Waals surface area contributed by atoms with Crippen LogP contribution >= 0.6 is 0 Å². The van der Waals surface area contributed by atoms with Crippen molar-refractivity contribution in [3.05, 3.63) is 54.9 Å². The van der Waals surface area contributed by atoms with Gasteiger partial charge in [0.05, 0.1) is 11.8 Å². The van der Waals surface area contributed by atoms with Gasteiger partial charge in [-0.3, -0.25) is 9.78 Å². The first-order valence-corrected chi connectivity index (χ1v) is 8.04. The summed E-state index contributed by atoms with van der Waals surface area (Å²) >= 11 is 0. The summed E-state index contributed by atoms with van der Waals surface area (Å²) < 4.78 is 1.85. The first-order chi connectivity index (χ1) is 11.8. The van der Waals surface area contributed by atoms with Gasteiger partial charge in [-0.1, -0.05) is 0 Å². The number of pyridine rings is 1. The second kappa shape index (κ2) is 6.27. The van der Waals surface area contributed by atoms with E-state index in [2.05, 4.69) is 25.2 Å². The van der Waals surface area contributed by atoms with Gasteiger partial charge in [-0.15, -0.1) is 0 Å². The third-order valence-electron chi connectivity index (χ3n) is 4.28. The average Bonchev–Trinajstić information content (AvgIpc) is 3.10. The van der Waals surface area contributed by atoms with Crippen LogP contribution in [0.3, 0.4) is 0 Å². The molecule has 0 radical (unpaired) electrons. The molecule has 0 unspecified atom stereocenters. The van der Waals surface area contributed by atoms with Crippen LogP contribution in [-0.2, 0) is 0 Å². The molecule has 1 fully saturated rings. The van der Waals surface area contributed by atoms with E-state index in [9.17, 15) is 4.79 Å². The van der Waals surface area contributed by atoms with E-state index in [1.165, 1.54) is 0 Å². The number of amides is 1. The molecule has 24 heavy (non-hydrogen) atoms. The fourth-order valence-electron chi connectivity index (χ4n) is 3.08. The van der Waals surface area contributed by atoms with Crippen LogP contribution in [0.1, 0.15) is 23.2 Å². The van der Waals surface area contributed by atoms with E-state index in [0.717, 1.165) is 37.4 Å². The summed E-state index contributed by atoms with van der Waals surface area (Å²) in [4.78, 5) is 27.3. The largest absolute Gasteiger partial charge is 0.353 e. The van der Waals surface area contributed by atoms with Crippen LogP contribution in [0.2, 0.25) is 0 Å². The third-order valence-corrected chi connectivity index (χ3v) is 4.28.